The van der Waals surface area contributed by atoms with Crippen LogP contribution in [0, 0.1) is 6.92 Å². The molecule has 1 aromatic carbocycles. The Bertz CT molecular complexity index is 679. The molecule has 6 heteroatoms. The Labute approximate surface area is 146 Å². The van der Waals surface area contributed by atoms with E-state index in [4.69, 9.17) is 0 Å². The first-order valence-corrected chi connectivity index (χ1v) is 9.17. The maximum Gasteiger partial charge on any atom is 0.315 e. The second kappa shape index (κ2) is 7.77. The molecule has 0 bridgehead atoms. The Morgan fingerprint density at radius 2 is 1.96 bits per heavy atom. The number of thiazole rings is 1. The Kier molecular flexibility index (Phi) is 5.48. The van der Waals surface area contributed by atoms with Gasteiger partial charge in [0.1, 0.15) is 5.01 Å². The quantitative estimate of drug-likeness (QED) is 0.796. The molecule has 5 nitrogen and oxygen atoms in total. The van der Waals surface area contributed by atoms with Crippen molar-refractivity contribution in [2.75, 3.05) is 0 Å². The van der Waals surface area contributed by atoms with E-state index in [0.29, 0.717) is 6.54 Å². The van der Waals surface area contributed by atoms with E-state index in [1.165, 1.54) is 0 Å². The molecule has 2 aromatic rings. The zero-order chi connectivity index (χ0) is 16.9. The lowest BCUT2D eigenvalue weighted by molar-refractivity contribution is 0.117. The minimum atomic E-state index is -0.206. The second-order valence-electron chi connectivity index (χ2n) is 6.23. The number of nitrogens with one attached hydrogen (secondary N) is 2. The number of carbonyl (C=O) groups is 1. The number of hydrogen-bond donors (Lipinski definition) is 3. The van der Waals surface area contributed by atoms with Crippen molar-refractivity contribution in [2.24, 2.45) is 0 Å². The third-order valence-corrected chi connectivity index (χ3v) is 5.56. The Balaban J connectivity index is 1.53. The average Bonchev–Trinajstić information content (AvgIpc) is 2.97. The van der Waals surface area contributed by atoms with E-state index in [9.17, 15) is 9.90 Å². The summed E-state index contributed by atoms with van der Waals surface area (Å²) in [6.07, 6.45) is 3.00. The smallest absolute Gasteiger partial charge is 0.315 e. The van der Waals surface area contributed by atoms with E-state index in [-0.39, 0.29) is 18.2 Å². The summed E-state index contributed by atoms with van der Waals surface area (Å²) >= 11 is 1.61. The fraction of sp³-hybridized carbons (Fsp3) is 0.444. The third-order valence-electron chi connectivity index (χ3n) is 4.35. The molecule has 128 valence electrons. The van der Waals surface area contributed by atoms with Crippen LogP contribution in [-0.2, 0) is 6.54 Å². The van der Waals surface area contributed by atoms with Gasteiger partial charge in [-0.2, -0.15) is 0 Å². The monoisotopic (exact) mass is 345 g/mol. The van der Waals surface area contributed by atoms with Gasteiger partial charge in [0.25, 0.3) is 0 Å². The van der Waals surface area contributed by atoms with Crippen LogP contribution in [0.4, 0.5) is 4.79 Å². The topological polar surface area (TPSA) is 74.2 Å². The van der Waals surface area contributed by atoms with Gasteiger partial charge in [0.2, 0.25) is 0 Å². The number of amides is 2. The molecule has 1 fully saturated rings. The first-order valence-electron chi connectivity index (χ1n) is 8.36. The Hall–Kier alpha value is -1.92. The third kappa shape index (κ3) is 4.33. The minimum absolute atomic E-state index is 0.148. The number of aliphatic hydroxyl groups is 1. The van der Waals surface area contributed by atoms with Gasteiger partial charge in [-0.25, -0.2) is 9.78 Å². The maximum absolute atomic E-state index is 12.1. The van der Waals surface area contributed by atoms with Crippen LogP contribution < -0.4 is 10.6 Å². The Morgan fingerprint density at radius 3 is 2.67 bits per heavy atom. The number of aryl methyl sites for hydroxylation is 1. The predicted molar refractivity (Wildman–Crippen MR) is 95.9 cm³/mol. The van der Waals surface area contributed by atoms with E-state index in [1.807, 2.05) is 37.3 Å². The van der Waals surface area contributed by atoms with Crippen molar-refractivity contribution >= 4 is 17.4 Å². The zero-order valence-electron chi connectivity index (χ0n) is 13.8. The molecule has 1 aliphatic carbocycles. The lowest BCUT2D eigenvalue weighted by Crippen LogP contribution is -2.43. The fourth-order valence-electron chi connectivity index (χ4n) is 2.91. The van der Waals surface area contributed by atoms with E-state index in [0.717, 1.165) is 46.8 Å². The molecule has 0 aliphatic heterocycles. The van der Waals surface area contributed by atoms with Gasteiger partial charge < -0.3 is 15.7 Å². The molecule has 0 radical (unpaired) electrons. The zero-order valence-corrected chi connectivity index (χ0v) is 14.6. The van der Waals surface area contributed by atoms with Gasteiger partial charge in [-0.05, 0) is 32.6 Å². The largest absolute Gasteiger partial charge is 0.393 e. The summed E-state index contributed by atoms with van der Waals surface area (Å²) in [4.78, 5) is 17.7. The summed E-state index contributed by atoms with van der Waals surface area (Å²) in [5.41, 5.74) is 2.06. The number of hydrogen-bond acceptors (Lipinski definition) is 4. The number of carbonyl (C=O) groups excluding carboxylic acids is 1. The predicted octanol–water partition coefficient (Wildman–Crippen LogP) is 3.22. The highest BCUT2D eigenvalue weighted by Gasteiger charge is 2.20. The van der Waals surface area contributed by atoms with E-state index in [2.05, 4.69) is 15.6 Å². The summed E-state index contributed by atoms with van der Waals surface area (Å²) in [6, 6.07) is 10.1. The number of urea groups is 1. The number of aliphatic hydroxyl groups excluding tert-OH is 1. The second-order valence-corrected chi connectivity index (χ2v) is 7.31. The summed E-state index contributed by atoms with van der Waals surface area (Å²) < 4.78 is 0. The van der Waals surface area contributed by atoms with Crippen molar-refractivity contribution in [3.63, 3.8) is 0 Å². The highest BCUT2D eigenvalue weighted by molar-refractivity contribution is 7.15. The lowest BCUT2D eigenvalue weighted by Gasteiger charge is -2.26. The molecule has 0 atom stereocenters. The molecule has 0 saturated heterocycles. The van der Waals surface area contributed by atoms with Crippen molar-refractivity contribution in [1.82, 2.24) is 15.6 Å². The van der Waals surface area contributed by atoms with Gasteiger partial charge in [-0.15, -0.1) is 11.3 Å². The number of rotatable bonds is 4. The van der Waals surface area contributed by atoms with Crippen molar-refractivity contribution in [3.8, 4) is 10.6 Å². The van der Waals surface area contributed by atoms with E-state index < -0.39 is 0 Å². The highest BCUT2D eigenvalue weighted by atomic mass is 32.1. The average molecular weight is 345 g/mol. The molecule has 1 aliphatic rings. The van der Waals surface area contributed by atoms with Crippen LogP contribution in [0.1, 0.15) is 36.3 Å². The van der Waals surface area contributed by atoms with Gasteiger partial charge in [0.05, 0.1) is 18.3 Å². The standard InChI is InChI=1S/C18H23N3O2S/c1-12-16(24-17(20-12)13-5-3-2-4-6-13)11-19-18(23)21-14-7-9-15(22)10-8-14/h2-6,14-15,22H,7-11H2,1H3,(H2,19,21,23). The molecule has 3 rings (SSSR count). The molecule has 0 spiro atoms. The molecular weight excluding hydrogens is 322 g/mol. The van der Waals surface area contributed by atoms with Gasteiger partial charge in [0.15, 0.2) is 0 Å². The minimum Gasteiger partial charge on any atom is -0.393 e. The molecule has 3 N–H and O–H groups in total. The van der Waals surface area contributed by atoms with E-state index in [1.54, 1.807) is 11.3 Å². The fourth-order valence-corrected chi connectivity index (χ4v) is 3.92. The van der Waals surface area contributed by atoms with Gasteiger partial charge in [0, 0.05) is 16.5 Å². The van der Waals surface area contributed by atoms with Gasteiger partial charge in [-0.1, -0.05) is 30.3 Å². The maximum atomic E-state index is 12.1. The first kappa shape index (κ1) is 16.9. The van der Waals surface area contributed by atoms with Crippen LogP contribution in [0.5, 0.6) is 0 Å². The molecule has 1 heterocycles. The van der Waals surface area contributed by atoms with Crippen LogP contribution in [0.15, 0.2) is 30.3 Å². The highest BCUT2D eigenvalue weighted by Crippen LogP contribution is 2.27. The normalized spacial score (nSPS) is 20.6. The van der Waals surface area contributed by atoms with Crippen LogP contribution in [0.2, 0.25) is 0 Å². The van der Waals surface area contributed by atoms with Crippen LogP contribution in [0.3, 0.4) is 0 Å². The molecule has 0 unspecified atom stereocenters. The number of nitrogens with zero attached hydrogens (tertiary/aromatic N) is 1. The summed E-state index contributed by atoms with van der Waals surface area (Å²) in [6.45, 7) is 2.46. The Morgan fingerprint density at radius 1 is 1.25 bits per heavy atom. The van der Waals surface area contributed by atoms with Gasteiger partial charge in [-0.3, -0.25) is 0 Å². The van der Waals surface area contributed by atoms with E-state index >= 15 is 0 Å². The number of aromatic nitrogens is 1. The van der Waals surface area contributed by atoms with Crippen molar-refractivity contribution in [2.45, 2.75) is 51.3 Å². The lowest BCUT2D eigenvalue weighted by atomic mass is 9.93. The number of benzene rings is 1. The summed E-state index contributed by atoms with van der Waals surface area (Å²) in [5, 5.41) is 16.4. The first-order chi connectivity index (χ1) is 11.6. The van der Waals surface area contributed by atoms with Gasteiger partial charge >= 0.3 is 6.03 Å². The summed E-state index contributed by atoms with van der Waals surface area (Å²) in [5.74, 6) is 0. The molecule has 1 saturated carbocycles. The van der Waals surface area contributed by atoms with Crippen molar-refractivity contribution < 1.29 is 9.90 Å². The molecule has 24 heavy (non-hydrogen) atoms. The van der Waals surface area contributed by atoms with Crippen LogP contribution in [0.25, 0.3) is 10.6 Å². The molecule has 2 amide bonds. The van der Waals surface area contributed by atoms with Crippen molar-refractivity contribution in [1.29, 1.82) is 0 Å². The SMILES string of the molecule is Cc1nc(-c2ccccc2)sc1CNC(=O)NC1CCC(O)CC1. The van der Waals surface area contributed by atoms with Crippen LogP contribution >= 0.6 is 11.3 Å². The van der Waals surface area contributed by atoms with Crippen LogP contribution in [-0.4, -0.2) is 28.3 Å². The molecular formula is C18H23N3O2S. The summed E-state index contributed by atoms with van der Waals surface area (Å²) in [7, 11) is 0. The van der Waals surface area contributed by atoms with Crippen molar-refractivity contribution in [3.05, 3.63) is 40.9 Å². The molecule has 1 aromatic heterocycles.